The highest BCUT2D eigenvalue weighted by Crippen LogP contribution is 2.22. The molecular formula is C16H16N6OS. The van der Waals surface area contributed by atoms with Gasteiger partial charge >= 0.3 is 0 Å². The smallest absolute Gasteiger partial charge is 0.250 e. The third-order valence-electron chi connectivity index (χ3n) is 3.07. The third kappa shape index (κ3) is 3.90. The molecule has 2 heterocycles. The Morgan fingerprint density at radius 3 is 2.75 bits per heavy atom. The summed E-state index contributed by atoms with van der Waals surface area (Å²) in [6.07, 6.45) is 4.60. The zero-order chi connectivity index (χ0) is 16.9. The number of amides is 1. The Hall–Kier alpha value is -2.87. The summed E-state index contributed by atoms with van der Waals surface area (Å²) in [4.78, 5) is 13.4. The lowest BCUT2D eigenvalue weighted by molar-refractivity contribution is -0.111. The first-order valence-corrected chi connectivity index (χ1v) is 8.23. The van der Waals surface area contributed by atoms with Gasteiger partial charge in [0.05, 0.1) is 11.9 Å². The van der Waals surface area contributed by atoms with Crippen molar-refractivity contribution in [3.8, 4) is 5.69 Å². The zero-order valence-corrected chi connectivity index (χ0v) is 14.1. The van der Waals surface area contributed by atoms with E-state index in [1.165, 1.54) is 22.2 Å². The predicted octanol–water partition coefficient (Wildman–Crippen LogP) is 2.89. The van der Waals surface area contributed by atoms with Crippen LogP contribution in [0.4, 0.5) is 5.13 Å². The van der Waals surface area contributed by atoms with Crippen LogP contribution in [0.2, 0.25) is 0 Å². The minimum atomic E-state index is -0.282. The van der Waals surface area contributed by atoms with Gasteiger partial charge < -0.3 is 0 Å². The molecule has 1 amide bonds. The van der Waals surface area contributed by atoms with Crippen LogP contribution in [0.15, 0.2) is 42.6 Å². The molecule has 0 saturated carbocycles. The minimum Gasteiger partial charge on any atom is -0.297 e. The van der Waals surface area contributed by atoms with Gasteiger partial charge in [-0.15, -0.1) is 15.3 Å². The molecule has 0 aliphatic heterocycles. The minimum absolute atomic E-state index is 0.282. The molecule has 1 N–H and O–H groups in total. The largest absolute Gasteiger partial charge is 0.297 e. The molecule has 0 spiro atoms. The van der Waals surface area contributed by atoms with Crippen LogP contribution < -0.4 is 5.32 Å². The van der Waals surface area contributed by atoms with Crippen LogP contribution in [0.5, 0.6) is 0 Å². The molecule has 0 saturated heterocycles. The standard InChI is InChI=1S/C16H16N6OS/c1-11(2)15-19-20-16(24-15)18-14(23)9-8-12-10-17-22(21-12)13-6-4-3-5-7-13/h3-11H,1-2H3,(H,18,20,23)/b9-8+. The predicted molar refractivity (Wildman–Crippen MR) is 93.0 cm³/mol. The number of rotatable bonds is 5. The summed E-state index contributed by atoms with van der Waals surface area (Å²) in [5.41, 5.74) is 1.45. The monoisotopic (exact) mass is 340 g/mol. The van der Waals surface area contributed by atoms with E-state index >= 15 is 0 Å². The molecule has 0 radical (unpaired) electrons. The summed E-state index contributed by atoms with van der Waals surface area (Å²) < 4.78 is 0. The Morgan fingerprint density at radius 1 is 1.25 bits per heavy atom. The van der Waals surface area contributed by atoms with Crippen molar-refractivity contribution in [3.05, 3.63) is 53.3 Å². The first kappa shape index (κ1) is 16.0. The first-order chi connectivity index (χ1) is 11.6. The second-order valence-corrected chi connectivity index (χ2v) is 6.33. The van der Waals surface area contributed by atoms with E-state index in [1.54, 1.807) is 12.3 Å². The molecule has 0 atom stereocenters. The van der Waals surface area contributed by atoms with E-state index in [2.05, 4.69) is 25.7 Å². The third-order valence-corrected chi connectivity index (χ3v) is 4.21. The summed E-state index contributed by atoms with van der Waals surface area (Å²) in [6, 6.07) is 9.56. The molecule has 122 valence electrons. The number of carbonyl (C=O) groups excluding carboxylic acids is 1. The molecule has 1 aromatic carbocycles. The fourth-order valence-electron chi connectivity index (χ4n) is 1.86. The maximum atomic E-state index is 11.9. The molecule has 24 heavy (non-hydrogen) atoms. The summed E-state index contributed by atoms with van der Waals surface area (Å²) in [5.74, 6) is 0.00689. The highest BCUT2D eigenvalue weighted by Gasteiger charge is 2.09. The van der Waals surface area contributed by atoms with Gasteiger partial charge in [0.1, 0.15) is 10.7 Å². The van der Waals surface area contributed by atoms with Crippen molar-refractivity contribution in [3.63, 3.8) is 0 Å². The van der Waals surface area contributed by atoms with Crippen LogP contribution in [0, 0.1) is 0 Å². The number of nitrogens with one attached hydrogen (secondary N) is 1. The van der Waals surface area contributed by atoms with Crippen molar-refractivity contribution in [2.45, 2.75) is 19.8 Å². The van der Waals surface area contributed by atoms with Crippen molar-refractivity contribution in [2.75, 3.05) is 5.32 Å². The average Bonchev–Trinajstić information content (AvgIpc) is 3.23. The number of aromatic nitrogens is 5. The van der Waals surface area contributed by atoms with Gasteiger partial charge in [-0.1, -0.05) is 43.4 Å². The van der Waals surface area contributed by atoms with Crippen LogP contribution in [0.1, 0.15) is 30.5 Å². The fraction of sp³-hybridized carbons (Fsp3) is 0.188. The summed E-state index contributed by atoms with van der Waals surface area (Å²) in [6.45, 7) is 4.06. The molecule has 3 aromatic rings. The van der Waals surface area contributed by atoms with Gasteiger partial charge in [-0.3, -0.25) is 10.1 Å². The second-order valence-electron chi connectivity index (χ2n) is 5.32. The van der Waals surface area contributed by atoms with E-state index in [-0.39, 0.29) is 11.8 Å². The van der Waals surface area contributed by atoms with Gasteiger partial charge in [0.2, 0.25) is 11.0 Å². The molecule has 0 bridgehead atoms. The number of hydrogen-bond donors (Lipinski definition) is 1. The lowest BCUT2D eigenvalue weighted by Gasteiger charge is -1.96. The molecule has 0 unspecified atom stereocenters. The molecule has 0 aliphatic carbocycles. The number of nitrogens with zero attached hydrogens (tertiary/aromatic N) is 5. The maximum absolute atomic E-state index is 11.9. The van der Waals surface area contributed by atoms with Gasteiger partial charge in [0.25, 0.3) is 0 Å². The SMILES string of the molecule is CC(C)c1nnc(NC(=O)/C=C/c2cnn(-c3ccccc3)n2)s1. The van der Waals surface area contributed by atoms with Gasteiger partial charge in [-0.2, -0.15) is 9.90 Å². The quantitative estimate of drug-likeness (QED) is 0.722. The molecule has 2 aromatic heterocycles. The Kier molecular flexibility index (Phi) is 4.76. The number of anilines is 1. The lowest BCUT2D eigenvalue weighted by Crippen LogP contribution is -2.07. The van der Waals surface area contributed by atoms with E-state index in [0.717, 1.165) is 10.7 Å². The lowest BCUT2D eigenvalue weighted by atomic mass is 10.2. The normalized spacial score (nSPS) is 11.3. The van der Waals surface area contributed by atoms with E-state index in [9.17, 15) is 4.79 Å². The van der Waals surface area contributed by atoms with E-state index < -0.39 is 0 Å². The maximum Gasteiger partial charge on any atom is 0.250 e. The zero-order valence-electron chi connectivity index (χ0n) is 13.2. The van der Waals surface area contributed by atoms with Crippen molar-refractivity contribution in [1.82, 2.24) is 25.2 Å². The van der Waals surface area contributed by atoms with Crippen LogP contribution in [-0.4, -0.2) is 31.1 Å². The number of carbonyl (C=O) groups is 1. The number of para-hydroxylation sites is 1. The van der Waals surface area contributed by atoms with E-state index in [0.29, 0.717) is 10.8 Å². The van der Waals surface area contributed by atoms with Crippen molar-refractivity contribution in [2.24, 2.45) is 0 Å². The van der Waals surface area contributed by atoms with Crippen LogP contribution in [0.25, 0.3) is 11.8 Å². The summed E-state index contributed by atoms with van der Waals surface area (Å²) >= 11 is 1.37. The van der Waals surface area contributed by atoms with Gasteiger partial charge in [-0.05, 0) is 18.2 Å². The highest BCUT2D eigenvalue weighted by atomic mass is 32.1. The van der Waals surface area contributed by atoms with E-state index in [1.807, 2.05) is 44.2 Å². The van der Waals surface area contributed by atoms with Crippen LogP contribution in [-0.2, 0) is 4.79 Å². The molecular weight excluding hydrogens is 324 g/mol. The average molecular weight is 340 g/mol. The van der Waals surface area contributed by atoms with Gasteiger partial charge in [-0.25, -0.2) is 0 Å². The summed E-state index contributed by atoms with van der Waals surface area (Å²) in [5, 5.41) is 20.5. The molecule has 7 nitrogen and oxygen atoms in total. The summed E-state index contributed by atoms with van der Waals surface area (Å²) in [7, 11) is 0. The Balaban J connectivity index is 1.63. The van der Waals surface area contributed by atoms with Gasteiger partial charge in [0.15, 0.2) is 0 Å². The topological polar surface area (TPSA) is 85.6 Å². The Bertz CT molecular complexity index is 852. The molecule has 0 aliphatic rings. The van der Waals surface area contributed by atoms with E-state index in [4.69, 9.17) is 0 Å². The van der Waals surface area contributed by atoms with Crippen molar-refractivity contribution in [1.29, 1.82) is 0 Å². The van der Waals surface area contributed by atoms with Gasteiger partial charge in [0, 0.05) is 12.0 Å². The Labute approximate surface area is 143 Å². The second kappa shape index (κ2) is 7.14. The molecule has 8 heteroatoms. The fourth-order valence-corrected chi connectivity index (χ4v) is 2.61. The number of hydrogen-bond acceptors (Lipinski definition) is 6. The molecule has 0 fully saturated rings. The van der Waals surface area contributed by atoms with Crippen LogP contribution >= 0.6 is 11.3 Å². The number of benzene rings is 1. The van der Waals surface area contributed by atoms with Crippen molar-refractivity contribution < 1.29 is 4.79 Å². The molecule has 3 rings (SSSR count). The Morgan fingerprint density at radius 2 is 2.04 bits per heavy atom. The van der Waals surface area contributed by atoms with Crippen molar-refractivity contribution >= 4 is 28.5 Å². The first-order valence-electron chi connectivity index (χ1n) is 7.42. The van der Waals surface area contributed by atoms with Crippen LogP contribution in [0.3, 0.4) is 0 Å². The highest BCUT2D eigenvalue weighted by molar-refractivity contribution is 7.15.